The fourth-order valence-electron chi connectivity index (χ4n) is 2.84. The summed E-state index contributed by atoms with van der Waals surface area (Å²) in [6.45, 7) is 3.92. The first-order chi connectivity index (χ1) is 12.5. The number of urea groups is 1. The van der Waals surface area contributed by atoms with Crippen molar-refractivity contribution in [3.8, 4) is 0 Å². The van der Waals surface area contributed by atoms with Gasteiger partial charge in [0.1, 0.15) is 5.82 Å². The number of anilines is 1. The van der Waals surface area contributed by atoms with E-state index in [4.69, 9.17) is 4.74 Å². The maximum atomic E-state index is 13.3. The van der Waals surface area contributed by atoms with E-state index in [0.717, 1.165) is 5.56 Å². The topological polar surface area (TPSA) is 49.9 Å². The van der Waals surface area contributed by atoms with Gasteiger partial charge in [0.2, 0.25) is 0 Å². The minimum absolute atomic E-state index is 0.00339. The Morgan fingerprint density at radius 2 is 1.65 bits per heavy atom. The van der Waals surface area contributed by atoms with Crippen LogP contribution in [0.25, 0.3) is 0 Å². The molecule has 1 heterocycles. The molecule has 3 rings (SSSR count). The highest BCUT2D eigenvalue weighted by Gasteiger charge is 2.24. The van der Waals surface area contributed by atoms with Crippen molar-refractivity contribution < 1.29 is 18.7 Å². The van der Waals surface area contributed by atoms with Gasteiger partial charge in [-0.3, -0.25) is 9.69 Å². The summed E-state index contributed by atoms with van der Waals surface area (Å²) in [5.74, 6) is -0.352. The van der Waals surface area contributed by atoms with Gasteiger partial charge in [0.15, 0.2) is 5.78 Å². The van der Waals surface area contributed by atoms with Crippen LogP contribution < -0.4 is 4.90 Å². The van der Waals surface area contributed by atoms with E-state index >= 15 is 0 Å². The number of halogens is 1. The van der Waals surface area contributed by atoms with Crippen LogP contribution >= 0.6 is 0 Å². The first-order valence-corrected chi connectivity index (χ1v) is 8.54. The SMILES string of the molecule is CC(=O)c1ccc(CN(C(=O)N2CCOCC2)c2ccc(F)cc2)cc1. The van der Waals surface area contributed by atoms with Gasteiger partial charge in [-0.1, -0.05) is 24.3 Å². The maximum absolute atomic E-state index is 13.3. The Balaban J connectivity index is 1.85. The molecule has 0 unspecified atom stereocenters. The van der Waals surface area contributed by atoms with E-state index in [1.807, 2.05) is 12.1 Å². The van der Waals surface area contributed by atoms with Crippen molar-refractivity contribution in [2.75, 3.05) is 31.2 Å². The second kappa shape index (κ2) is 8.10. The van der Waals surface area contributed by atoms with Crippen LogP contribution in [0.2, 0.25) is 0 Å². The summed E-state index contributed by atoms with van der Waals surface area (Å²) >= 11 is 0. The molecule has 1 saturated heterocycles. The highest BCUT2D eigenvalue weighted by Crippen LogP contribution is 2.21. The molecule has 2 aromatic carbocycles. The molecule has 1 fully saturated rings. The number of nitrogens with zero attached hydrogens (tertiary/aromatic N) is 2. The standard InChI is InChI=1S/C20H21FN2O3/c1-15(24)17-4-2-16(3-5-17)14-23(19-8-6-18(21)7-9-19)20(25)22-10-12-26-13-11-22/h2-9H,10-14H2,1H3. The number of benzene rings is 2. The average Bonchev–Trinajstić information content (AvgIpc) is 2.67. The minimum Gasteiger partial charge on any atom is -0.378 e. The number of rotatable bonds is 4. The monoisotopic (exact) mass is 356 g/mol. The highest BCUT2D eigenvalue weighted by atomic mass is 19.1. The molecule has 0 N–H and O–H groups in total. The smallest absolute Gasteiger partial charge is 0.324 e. The van der Waals surface area contributed by atoms with Crippen molar-refractivity contribution in [2.45, 2.75) is 13.5 Å². The molecule has 0 aromatic heterocycles. The van der Waals surface area contributed by atoms with Crippen molar-refractivity contribution in [1.29, 1.82) is 0 Å². The molecule has 0 bridgehead atoms. The minimum atomic E-state index is -0.349. The molecule has 0 aliphatic carbocycles. The molecule has 2 aromatic rings. The summed E-state index contributed by atoms with van der Waals surface area (Å²) < 4.78 is 18.6. The quantitative estimate of drug-likeness (QED) is 0.788. The molecule has 1 aliphatic rings. The maximum Gasteiger partial charge on any atom is 0.324 e. The number of amides is 2. The Labute approximate surface area is 152 Å². The summed E-state index contributed by atoms with van der Waals surface area (Å²) in [6, 6.07) is 12.9. The largest absolute Gasteiger partial charge is 0.378 e. The first-order valence-electron chi connectivity index (χ1n) is 8.54. The van der Waals surface area contributed by atoms with Gasteiger partial charge in [-0.2, -0.15) is 0 Å². The van der Waals surface area contributed by atoms with E-state index in [9.17, 15) is 14.0 Å². The van der Waals surface area contributed by atoms with E-state index in [2.05, 4.69) is 0 Å². The van der Waals surface area contributed by atoms with Crippen molar-refractivity contribution in [3.05, 3.63) is 65.5 Å². The molecular weight excluding hydrogens is 335 g/mol. The Morgan fingerprint density at radius 3 is 2.23 bits per heavy atom. The van der Waals surface area contributed by atoms with Crippen molar-refractivity contribution >= 4 is 17.5 Å². The van der Waals surface area contributed by atoms with E-state index in [1.165, 1.54) is 19.1 Å². The van der Waals surface area contributed by atoms with Crippen LogP contribution in [0.15, 0.2) is 48.5 Å². The highest BCUT2D eigenvalue weighted by molar-refractivity contribution is 5.94. The third-order valence-electron chi connectivity index (χ3n) is 4.35. The normalized spacial score (nSPS) is 14.2. The second-order valence-electron chi connectivity index (χ2n) is 6.20. The zero-order valence-electron chi connectivity index (χ0n) is 14.7. The lowest BCUT2D eigenvalue weighted by Crippen LogP contribution is -2.48. The van der Waals surface area contributed by atoms with E-state index < -0.39 is 0 Å². The number of hydrogen-bond acceptors (Lipinski definition) is 3. The van der Waals surface area contributed by atoms with Crippen molar-refractivity contribution in [3.63, 3.8) is 0 Å². The Kier molecular flexibility index (Phi) is 5.63. The molecule has 26 heavy (non-hydrogen) atoms. The fourth-order valence-corrected chi connectivity index (χ4v) is 2.84. The lowest BCUT2D eigenvalue weighted by atomic mass is 10.1. The third-order valence-corrected chi connectivity index (χ3v) is 4.35. The summed E-state index contributed by atoms with van der Waals surface area (Å²) in [6.07, 6.45) is 0. The van der Waals surface area contributed by atoms with Gasteiger partial charge in [-0.15, -0.1) is 0 Å². The van der Waals surface area contributed by atoms with Gasteiger partial charge in [0.25, 0.3) is 0 Å². The molecule has 1 aliphatic heterocycles. The lowest BCUT2D eigenvalue weighted by molar-refractivity contribution is 0.0548. The van der Waals surface area contributed by atoms with Gasteiger partial charge >= 0.3 is 6.03 Å². The van der Waals surface area contributed by atoms with Crippen molar-refractivity contribution in [1.82, 2.24) is 4.90 Å². The summed E-state index contributed by atoms with van der Waals surface area (Å²) in [5.41, 5.74) is 2.14. The predicted octanol–water partition coefficient (Wildman–Crippen LogP) is 3.49. The zero-order chi connectivity index (χ0) is 18.5. The molecule has 0 spiro atoms. The van der Waals surface area contributed by atoms with Crippen LogP contribution in [-0.4, -0.2) is 43.0 Å². The van der Waals surface area contributed by atoms with Crippen molar-refractivity contribution in [2.24, 2.45) is 0 Å². The molecule has 0 atom stereocenters. The van der Waals surface area contributed by atoms with Crippen LogP contribution in [0, 0.1) is 5.82 Å². The summed E-state index contributed by atoms with van der Waals surface area (Å²) in [7, 11) is 0. The number of ketones is 1. The predicted molar refractivity (Wildman–Crippen MR) is 96.8 cm³/mol. The number of carbonyl (C=O) groups is 2. The number of morpholine rings is 1. The van der Waals surface area contributed by atoms with Gasteiger partial charge < -0.3 is 9.64 Å². The van der Waals surface area contributed by atoms with Crippen LogP contribution in [0.1, 0.15) is 22.8 Å². The number of Topliss-reactive ketones (excluding diaryl/α,β-unsaturated/α-hetero) is 1. The van der Waals surface area contributed by atoms with Crippen LogP contribution in [0.3, 0.4) is 0 Å². The van der Waals surface area contributed by atoms with Gasteiger partial charge in [0, 0.05) is 24.3 Å². The Hall–Kier alpha value is -2.73. The van der Waals surface area contributed by atoms with E-state index in [-0.39, 0.29) is 17.6 Å². The molecular formula is C20H21FN2O3. The zero-order valence-corrected chi connectivity index (χ0v) is 14.7. The van der Waals surface area contributed by atoms with Gasteiger partial charge in [0.05, 0.1) is 19.8 Å². The average molecular weight is 356 g/mol. The van der Waals surface area contributed by atoms with Crippen LogP contribution in [0.5, 0.6) is 0 Å². The first kappa shape index (κ1) is 18.1. The number of carbonyl (C=O) groups excluding carboxylic acids is 2. The van der Waals surface area contributed by atoms with E-state index in [0.29, 0.717) is 44.1 Å². The summed E-state index contributed by atoms with van der Waals surface area (Å²) in [4.78, 5) is 27.8. The Morgan fingerprint density at radius 1 is 1.04 bits per heavy atom. The molecule has 5 nitrogen and oxygen atoms in total. The number of ether oxygens (including phenoxy) is 1. The van der Waals surface area contributed by atoms with E-state index in [1.54, 1.807) is 34.1 Å². The molecule has 0 radical (unpaired) electrons. The summed E-state index contributed by atoms with van der Waals surface area (Å²) in [5, 5.41) is 0. The lowest BCUT2D eigenvalue weighted by Gasteiger charge is -2.33. The number of hydrogen-bond donors (Lipinski definition) is 0. The second-order valence-corrected chi connectivity index (χ2v) is 6.20. The van der Waals surface area contributed by atoms with Crippen LogP contribution in [0.4, 0.5) is 14.9 Å². The molecule has 0 saturated carbocycles. The molecule has 2 amide bonds. The van der Waals surface area contributed by atoms with Crippen LogP contribution in [-0.2, 0) is 11.3 Å². The Bertz CT molecular complexity index is 769. The fraction of sp³-hybridized carbons (Fsp3) is 0.300. The van der Waals surface area contributed by atoms with Gasteiger partial charge in [-0.05, 0) is 36.8 Å². The molecule has 136 valence electrons. The third kappa shape index (κ3) is 4.26. The molecule has 6 heteroatoms. The van der Waals surface area contributed by atoms with Gasteiger partial charge in [-0.25, -0.2) is 9.18 Å².